The highest BCUT2D eigenvalue weighted by Gasteiger charge is 1.93. The number of aliphatic carboxylic acids is 1. The predicted molar refractivity (Wildman–Crippen MR) is 28.4 cm³/mol. The van der Waals surface area contributed by atoms with Gasteiger partial charge in [0.15, 0.2) is 0 Å². The molecule has 0 atom stereocenters. The molecule has 0 saturated heterocycles. The van der Waals surface area contributed by atoms with Gasteiger partial charge >= 0.3 is 13.6 Å². The van der Waals surface area contributed by atoms with Crippen LogP contribution in [-0.2, 0) is 9.45 Å². The van der Waals surface area contributed by atoms with Crippen LogP contribution in [0.1, 0.15) is 0 Å². The minimum atomic E-state index is -0.904. The van der Waals surface area contributed by atoms with Crippen LogP contribution in [0.25, 0.3) is 0 Å². The largest absolute Gasteiger partial charge is 0.480 e. The molecule has 0 spiro atoms. The van der Waals surface area contributed by atoms with Gasteiger partial charge in [-0.25, -0.2) is 0 Å². The minimum Gasteiger partial charge on any atom is -0.480 e. The van der Waals surface area contributed by atoms with E-state index in [0.717, 1.165) is 0 Å². The molecule has 0 aliphatic rings. The lowest BCUT2D eigenvalue weighted by Gasteiger charge is -1.92. The first-order valence-corrected chi connectivity index (χ1v) is 2.07. The maximum atomic E-state index is 9.74. The Morgan fingerprint density at radius 3 is 3.00 bits per heavy atom. The topological polar surface area (TPSA) is 58.6 Å². The second-order valence-corrected chi connectivity index (χ2v) is 1.13. The molecule has 0 amide bonds. The summed E-state index contributed by atoms with van der Waals surface area (Å²) in [6, 6.07) is 0. The fraction of sp³-hybridized carbons (Fsp3) is 0.667. The third-order valence-electron chi connectivity index (χ3n) is 0.454. The van der Waals surface area contributed by atoms with Crippen LogP contribution < -0.4 is 5.23 Å². The van der Waals surface area contributed by atoms with Crippen molar-refractivity contribution in [3.8, 4) is 0 Å². The van der Waals surface area contributed by atoms with Crippen molar-refractivity contribution in [2.75, 3.05) is 13.7 Å². The summed E-state index contributed by atoms with van der Waals surface area (Å²) in [5, 5.41) is 10.4. The van der Waals surface area contributed by atoms with Crippen molar-refractivity contribution in [1.82, 2.24) is 5.23 Å². The van der Waals surface area contributed by atoms with Crippen LogP contribution in [0.15, 0.2) is 0 Å². The summed E-state index contributed by atoms with van der Waals surface area (Å²) in [4.78, 5) is 9.74. The predicted octanol–water partition coefficient (Wildman–Crippen LogP) is -1.16. The van der Waals surface area contributed by atoms with E-state index in [9.17, 15) is 4.79 Å². The first-order valence-electron chi connectivity index (χ1n) is 2.07. The normalized spacial score (nSPS) is 8.62. The zero-order chi connectivity index (χ0) is 6.41. The van der Waals surface area contributed by atoms with Crippen molar-refractivity contribution in [2.24, 2.45) is 0 Å². The summed E-state index contributed by atoms with van der Waals surface area (Å²) in [7, 11) is 2.66. The van der Waals surface area contributed by atoms with E-state index in [0.29, 0.717) is 0 Å². The Morgan fingerprint density at radius 2 is 2.62 bits per heavy atom. The number of carboxylic acid groups (broad SMARTS) is 1. The lowest BCUT2D eigenvalue weighted by molar-refractivity contribution is -0.135. The van der Waals surface area contributed by atoms with Crippen molar-refractivity contribution in [3.63, 3.8) is 0 Å². The summed E-state index contributed by atoms with van der Waals surface area (Å²) < 4.78 is 4.39. The Hall–Kier alpha value is -0.545. The third kappa shape index (κ3) is 5.45. The Labute approximate surface area is 48.1 Å². The molecule has 0 bridgehead atoms. The molecule has 8 heavy (non-hydrogen) atoms. The SMILES string of the molecule is CO[B]NCC(=O)O. The number of hydrogen-bond acceptors (Lipinski definition) is 3. The van der Waals surface area contributed by atoms with E-state index in [4.69, 9.17) is 5.11 Å². The molecule has 1 radical (unpaired) electrons. The number of nitrogens with one attached hydrogen (secondary N) is 1. The molecule has 0 saturated carbocycles. The molecule has 0 unspecified atom stereocenters. The van der Waals surface area contributed by atoms with E-state index in [2.05, 4.69) is 9.88 Å². The number of rotatable bonds is 4. The van der Waals surface area contributed by atoms with Gasteiger partial charge < -0.3 is 15.0 Å². The lowest BCUT2D eigenvalue weighted by Crippen LogP contribution is -2.27. The monoisotopic (exact) mass is 116 g/mol. The van der Waals surface area contributed by atoms with Crippen molar-refractivity contribution in [2.45, 2.75) is 0 Å². The molecule has 0 aliphatic heterocycles. The zero-order valence-corrected chi connectivity index (χ0v) is 4.55. The van der Waals surface area contributed by atoms with Gasteiger partial charge in [-0.3, -0.25) is 4.79 Å². The average molecular weight is 116 g/mol. The Bertz CT molecular complexity index is 76.9. The van der Waals surface area contributed by atoms with E-state index in [1.165, 1.54) is 14.7 Å². The van der Waals surface area contributed by atoms with Gasteiger partial charge in [0.1, 0.15) is 0 Å². The fourth-order valence-corrected chi connectivity index (χ4v) is 0.212. The maximum Gasteiger partial charge on any atom is 0.396 e. The fourth-order valence-electron chi connectivity index (χ4n) is 0.212. The van der Waals surface area contributed by atoms with E-state index in [-0.39, 0.29) is 6.54 Å². The minimum absolute atomic E-state index is 0.103. The molecule has 0 fully saturated rings. The Balaban J connectivity index is 2.82. The van der Waals surface area contributed by atoms with E-state index >= 15 is 0 Å². The van der Waals surface area contributed by atoms with E-state index < -0.39 is 5.97 Å². The van der Waals surface area contributed by atoms with Crippen molar-refractivity contribution < 1.29 is 14.6 Å². The Morgan fingerprint density at radius 1 is 2.00 bits per heavy atom. The van der Waals surface area contributed by atoms with Gasteiger partial charge in [-0.05, 0) is 0 Å². The van der Waals surface area contributed by atoms with Gasteiger partial charge in [0, 0.05) is 7.11 Å². The molecule has 4 nitrogen and oxygen atoms in total. The zero-order valence-electron chi connectivity index (χ0n) is 4.55. The summed E-state index contributed by atoms with van der Waals surface area (Å²) in [5.74, 6) is -0.904. The van der Waals surface area contributed by atoms with E-state index in [1.807, 2.05) is 0 Å². The highest BCUT2D eigenvalue weighted by Crippen LogP contribution is 1.57. The number of carbonyl (C=O) groups is 1. The van der Waals surface area contributed by atoms with Crippen molar-refractivity contribution in [3.05, 3.63) is 0 Å². The second-order valence-electron chi connectivity index (χ2n) is 1.13. The molecule has 0 heterocycles. The van der Waals surface area contributed by atoms with Gasteiger partial charge in [-0.2, -0.15) is 0 Å². The van der Waals surface area contributed by atoms with Crippen molar-refractivity contribution >= 4 is 13.6 Å². The first-order chi connectivity index (χ1) is 3.77. The molecule has 5 heteroatoms. The molecular weight excluding hydrogens is 109 g/mol. The number of carboxylic acids is 1. The average Bonchev–Trinajstić information content (AvgIpc) is 1.66. The molecule has 45 valence electrons. The summed E-state index contributed by atoms with van der Waals surface area (Å²) in [5.41, 5.74) is 0. The third-order valence-corrected chi connectivity index (χ3v) is 0.454. The summed E-state index contributed by atoms with van der Waals surface area (Å²) in [6.07, 6.45) is 0. The van der Waals surface area contributed by atoms with Crippen LogP contribution >= 0.6 is 0 Å². The molecule has 0 aromatic rings. The second kappa shape index (κ2) is 4.61. The standard InChI is InChI=1S/C3H7BNO3/c1-8-4-5-2-3(6)7/h5H,2H2,1H3,(H,6,7). The highest BCUT2D eigenvalue weighted by atomic mass is 16.4. The molecule has 2 N–H and O–H groups in total. The van der Waals surface area contributed by atoms with Gasteiger partial charge in [0.2, 0.25) is 0 Å². The maximum absolute atomic E-state index is 9.74. The molecule has 0 aliphatic carbocycles. The number of hydrogen-bond donors (Lipinski definition) is 2. The van der Waals surface area contributed by atoms with Crippen LogP contribution in [-0.4, -0.2) is 32.3 Å². The van der Waals surface area contributed by atoms with Gasteiger partial charge in [0.05, 0.1) is 6.54 Å². The van der Waals surface area contributed by atoms with Crippen LogP contribution in [0, 0.1) is 0 Å². The highest BCUT2D eigenvalue weighted by molar-refractivity contribution is 6.23. The van der Waals surface area contributed by atoms with Crippen LogP contribution in [0.2, 0.25) is 0 Å². The van der Waals surface area contributed by atoms with E-state index in [1.54, 1.807) is 0 Å². The molecule has 0 aromatic heterocycles. The van der Waals surface area contributed by atoms with Crippen LogP contribution in [0.5, 0.6) is 0 Å². The summed E-state index contributed by atoms with van der Waals surface area (Å²) in [6.45, 7) is -0.103. The van der Waals surface area contributed by atoms with Gasteiger partial charge in [-0.1, -0.05) is 0 Å². The van der Waals surface area contributed by atoms with Crippen LogP contribution in [0.4, 0.5) is 0 Å². The lowest BCUT2D eigenvalue weighted by atomic mass is 10.3. The molecule has 0 aromatic carbocycles. The van der Waals surface area contributed by atoms with Crippen LogP contribution in [0.3, 0.4) is 0 Å². The molecular formula is C3H7BNO3. The van der Waals surface area contributed by atoms with Crippen molar-refractivity contribution in [1.29, 1.82) is 0 Å². The quantitative estimate of drug-likeness (QED) is 0.359. The first kappa shape index (κ1) is 7.45. The smallest absolute Gasteiger partial charge is 0.396 e. The van der Waals surface area contributed by atoms with Gasteiger partial charge in [-0.15, -0.1) is 0 Å². The van der Waals surface area contributed by atoms with Gasteiger partial charge in [0.25, 0.3) is 0 Å². The Kier molecular flexibility index (Phi) is 4.30. The molecule has 0 rings (SSSR count). The summed E-state index contributed by atoms with van der Waals surface area (Å²) >= 11 is 0.